The maximum Gasteiger partial charge on any atom is 0.261 e. The van der Waals surface area contributed by atoms with Crippen molar-refractivity contribution in [2.24, 2.45) is 0 Å². The quantitative estimate of drug-likeness (QED) is 0.623. The standard InChI is InChI=1S/C24H27N5OS/c30-23-20-17-18(10-11-21(20)26-22-9-5-2-6-12-29(22)23)25-24(31)28-15-13-27(14-16-28)19-7-3-1-4-8-19/h1,3-4,7-8,10-11,17H,2,5-6,9,12-16H2,(H,25,31). The fraction of sp³-hybridized carbons (Fsp3) is 0.375. The Balaban J connectivity index is 1.30. The lowest BCUT2D eigenvalue weighted by Gasteiger charge is -2.37. The average molecular weight is 434 g/mol. The van der Waals surface area contributed by atoms with Crippen molar-refractivity contribution in [1.82, 2.24) is 14.5 Å². The predicted molar refractivity (Wildman–Crippen MR) is 130 cm³/mol. The van der Waals surface area contributed by atoms with E-state index in [1.165, 1.54) is 5.69 Å². The van der Waals surface area contributed by atoms with Gasteiger partial charge in [-0.3, -0.25) is 9.36 Å². The van der Waals surface area contributed by atoms with Gasteiger partial charge in [0.2, 0.25) is 0 Å². The summed E-state index contributed by atoms with van der Waals surface area (Å²) < 4.78 is 1.86. The van der Waals surface area contributed by atoms with Gasteiger partial charge >= 0.3 is 0 Å². The van der Waals surface area contributed by atoms with E-state index in [1.54, 1.807) is 0 Å². The van der Waals surface area contributed by atoms with E-state index in [0.717, 1.165) is 75.4 Å². The minimum Gasteiger partial charge on any atom is -0.368 e. The molecule has 0 aliphatic carbocycles. The molecule has 31 heavy (non-hydrogen) atoms. The van der Waals surface area contributed by atoms with Crippen LogP contribution < -0.4 is 15.8 Å². The van der Waals surface area contributed by atoms with Crippen molar-refractivity contribution in [1.29, 1.82) is 0 Å². The van der Waals surface area contributed by atoms with Crippen LogP contribution in [0, 0.1) is 0 Å². The van der Waals surface area contributed by atoms with E-state index in [9.17, 15) is 4.79 Å². The first-order chi connectivity index (χ1) is 15.2. The van der Waals surface area contributed by atoms with Gasteiger partial charge in [0.15, 0.2) is 5.11 Å². The highest BCUT2D eigenvalue weighted by atomic mass is 32.1. The maximum absolute atomic E-state index is 13.1. The molecule has 1 aromatic heterocycles. The van der Waals surface area contributed by atoms with Crippen LogP contribution in [0.2, 0.25) is 0 Å². The molecule has 3 aromatic rings. The molecule has 0 unspecified atom stereocenters. The number of nitrogens with one attached hydrogen (secondary N) is 1. The summed E-state index contributed by atoms with van der Waals surface area (Å²) in [6.45, 7) is 4.36. The lowest BCUT2D eigenvalue weighted by atomic mass is 10.2. The molecule has 2 aliphatic heterocycles. The number of benzene rings is 2. The van der Waals surface area contributed by atoms with Crippen LogP contribution in [0.3, 0.4) is 0 Å². The van der Waals surface area contributed by atoms with E-state index in [1.807, 2.05) is 28.8 Å². The summed E-state index contributed by atoms with van der Waals surface area (Å²) in [6, 6.07) is 16.3. The summed E-state index contributed by atoms with van der Waals surface area (Å²) in [5, 5.41) is 4.70. The van der Waals surface area contributed by atoms with Crippen molar-refractivity contribution >= 4 is 39.6 Å². The Labute approximate surface area is 187 Å². The van der Waals surface area contributed by atoms with Crippen LogP contribution in [0.4, 0.5) is 11.4 Å². The third-order valence-corrected chi connectivity index (χ3v) is 6.62. The fourth-order valence-electron chi connectivity index (χ4n) is 4.50. The molecule has 2 aliphatic rings. The van der Waals surface area contributed by atoms with Crippen molar-refractivity contribution in [3.63, 3.8) is 0 Å². The molecule has 0 atom stereocenters. The van der Waals surface area contributed by atoms with Gasteiger partial charge in [0.25, 0.3) is 5.56 Å². The average Bonchev–Trinajstić information content (AvgIpc) is 3.06. The summed E-state index contributed by atoms with van der Waals surface area (Å²) in [5.41, 5.74) is 2.93. The van der Waals surface area contributed by atoms with Crippen molar-refractivity contribution < 1.29 is 0 Å². The molecule has 1 fully saturated rings. The monoisotopic (exact) mass is 433 g/mol. The van der Waals surface area contributed by atoms with Gasteiger partial charge in [0.1, 0.15) is 5.82 Å². The van der Waals surface area contributed by atoms with Gasteiger partial charge in [-0.05, 0) is 55.4 Å². The molecule has 3 heterocycles. The van der Waals surface area contributed by atoms with Crippen LogP contribution in [0.5, 0.6) is 0 Å². The smallest absolute Gasteiger partial charge is 0.261 e. The first-order valence-corrected chi connectivity index (χ1v) is 11.5. The minimum absolute atomic E-state index is 0.0629. The summed E-state index contributed by atoms with van der Waals surface area (Å²) in [5.74, 6) is 0.919. The summed E-state index contributed by atoms with van der Waals surface area (Å²) in [4.78, 5) is 22.4. The second-order valence-corrected chi connectivity index (χ2v) is 8.65. The molecule has 0 radical (unpaired) electrons. The number of hydrogen-bond donors (Lipinski definition) is 1. The molecule has 0 spiro atoms. The Hall–Kier alpha value is -2.93. The summed E-state index contributed by atoms with van der Waals surface area (Å²) in [7, 11) is 0. The van der Waals surface area contributed by atoms with Crippen molar-refractivity contribution in [2.75, 3.05) is 36.4 Å². The van der Waals surface area contributed by atoms with Gasteiger partial charge < -0.3 is 15.1 Å². The zero-order chi connectivity index (χ0) is 21.2. The molecular formula is C24H27N5OS. The molecular weight excluding hydrogens is 406 g/mol. The third kappa shape index (κ3) is 4.14. The summed E-state index contributed by atoms with van der Waals surface area (Å²) in [6.07, 6.45) is 4.17. The van der Waals surface area contributed by atoms with Gasteiger partial charge in [0, 0.05) is 50.5 Å². The van der Waals surface area contributed by atoms with Crippen LogP contribution in [0.15, 0.2) is 53.3 Å². The third-order valence-electron chi connectivity index (χ3n) is 6.25. The van der Waals surface area contributed by atoms with Crippen LogP contribution in [-0.4, -0.2) is 45.7 Å². The molecule has 0 bridgehead atoms. The first kappa shape index (κ1) is 20.0. The minimum atomic E-state index is 0.0629. The highest BCUT2D eigenvalue weighted by Gasteiger charge is 2.20. The molecule has 6 nitrogen and oxygen atoms in total. The number of fused-ring (bicyclic) bond motifs is 2. The van der Waals surface area contributed by atoms with Crippen LogP contribution >= 0.6 is 12.2 Å². The van der Waals surface area contributed by atoms with Gasteiger partial charge in [-0.15, -0.1) is 0 Å². The number of thiocarbonyl (C=S) groups is 1. The molecule has 0 saturated carbocycles. The normalized spacial score (nSPS) is 16.6. The van der Waals surface area contributed by atoms with Crippen LogP contribution in [0.1, 0.15) is 25.1 Å². The number of rotatable bonds is 2. The van der Waals surface area contributed by atoms with E-state index in [-0.39, 0.29) is 5.56 Å². The number of aryl methyl sites for hydroxylation is 1. The van der Waals surface area contributed by atoms with Gasteiger partial charge in [-0.2, -0.15) is 0 Å². The Bertz CT molecular complexity index is 1150. The molecule has 1 N–H and O–H groups in total. The van der Waals surface area contributed by atoms with Crippen molar-refractivity contribution in [3.05, 3.63) is 64.7 Å². The lowest BCUT2D eigenvalue weighted by Crippen LogP contribution is -2.50. The van der Waals surface area contributed by atoms with E-state index >= 15 is 0 Å². The Morgan fingerprint density at radius 1 is 0.935 bits per heavy atom. The molecule has 5 rings (SSSR count). The maximum atomic E-state index is 13.1. The number of hydrogen-bond acceptors (Lipinski definition) is 4. The van der Waals surface area contributed by atoms with E-state index < -0.39 is 0 Å². The SMILES string of the molecule is O=c1c2cc(NC(=S)N3CCN(c4ccccc4)CC3)ccc2nc2n1CCCCC2. The van der Waals surface area contributed by atoms with Gasteiger partial charge in [-0.25, -0.2) is 4.98 Å². The Morgan fingerprint density at radius 3 is 2.55 bits per heavy atom. The van der Waals surface area contributed by atoms with Crippen molar-refractivity contribution in [2.45, 2.75) is 32.2 Å². The number of nitrogens with zero attached hydrogens (tertiary/aromatic N) is 4. The lowest BCUT2D eigenvalue weighted by molar-refractivity contribution is 0.391. The van der Waals surface area contributed by atoms with Gasteiger partial charge in [-0.1, -0.05) is 24.6 Å². The zero-order valence-corrected chi connectivity index (χ0v) is 18.4. The Kier molecular flexibility index (Phi) is 5.59. The Morgan fingerprint density at radius 2 is 1.74 bits per heavy atom. The largest absolute Gasteiger partial charge is 0.368 e. The molecule has 2 aromatic carbocycles. The zero-order valence-electron chi connectivity index (χ0n) is 17.6. The highest BCUT2D eigenvalue weighted by molar-refractivity contribution is 7.80. The van der Waals surface area contributed by atoms with E-state index in [4.69, 9.17) is 17.2 Å². The molecule has 7 heteroatoms. The number of anilines is 2. The fourth-order valence-corrected chi connectivity index (χ4v) is 4.81. The van der Waals surface area contributed by atoms with Crippen molar-refractivity contribution in [3.8, 4) is 0 Å². The number of piperazine rings is 1. The second kappa shape index (κ2) is 8.67. The predicted octanol–water partition coefficient (Wildman–Crippen LogP) is 3.64. The van der Waals surface area contributed by atoms with Gasteiger partial charge in [0.05, 0.1) is 10.9 Å². The molecule has 0 amide bonds. The number of aromatic nitrogens is 2. The van der Waals surface area contributed by atoms with E-state index in [2.05, 4.69) is 39.4 Å². The highest BCUT2D eigenvalue weighted by Crippen LogP contribution is 2.20. The molecule has 1 saturated heterocycles. The topological polar surface area (TPSA) is 53.4 Å². The van der Waals surface area contributed by atoms with Crippen LogP contribution in [-0.2, 0) is 13.0 Å². The number of para-hydroxylation sites is 1. The van der Waals surface area contributed by atoms with Crippen LogP contribution in [0.25, 0.3) is 10.9 Å². The van der Waals surface area contributed by atoms with E-state index in [0.29, 0.717) is 10.5 Å². The first-order valence-electron chi connectivity index (χ1n) is 11.1. The summed E-state index contributed by atoms with van der Waals surface area (Å²) >= 11 is 5.68. The second-order valence-electron chi connectivity index (χ2n) is 8.27. The molecule has 160 valence electrons.